The Balaban J connectivity index is 3.89. The number of likely N-dealkylation sites (N-methyl/N-ethyl adjacent to an activating group) is 1. The maximum atomic E-state index is 9.62. The number of rotatable bonds is 6. The highest BCUT2D eigenvalue weighted by Gasteiger charge is 2.18. The molecule has 0 aromatic carbocycles. The molecule has 1 unspecified atom stereocenters. The van der Waals surface area contributed by atoms with Gasteiger partial charge >= 0.3 is 0 Å². The van der Waals surface area contributed by atoms with Crippen LogP contribution in [0.3, 0.4) is 0 Å². The fourth-order valence-corrected chi connectivity index (χ4v) is 1.29. The summed E-state index contributed by atoms with van der Waals surface area (Å²) in [6.07, 6.45) is 0.224. The SMILES string of the molecule is CCN(CC(C)OC)CC(C)(C)O. The van der Waals surface area contributed by atoms with Gasteiger partial charge in [-0.15, -0.1) is 0 Å². The molecule has 0 bridgehead atoms. The largest absolute Gasteiger partial charge is 0.389 e. The maximum absolute atomic E-state index is 9.62. The van der Waals surface area contributed by atoms with Crippen molar-refractivity contribution in [1.82, 2.24) is 4.90 Å². The molecule has 0 fully saturated rings. The van der Waals surface area contributed by atoms with E-state index in [-0.39, 0.29) is 6.10 Å². The van der Waals surface area contributed by atoms with Gasteiger partial charge in [0, 0.05) is 20.2 Å². The fraction of sp³-hybridized carbons (Fsp3) is 1.00. The Labute approximate surface area is 81.7 Å². The topological polar surface area (TPSA) is 32.7 Å². The zero-order chi connectivity index (χ0) is 10.5. The van der Waals surface area contributed by atoms with Gasteiger partial charge in [-0.25, -0.2) is 0 Å². The molecule has 0 saturated heterocycles. The van der Waals surface area contributed by atoms with Crippen LogP contribution in [0.2, 0.25) is 0 Å². The molecular weight excluding hydrogens is 166 g/mol. The van der Waals surface area contributed by atoms with E-state index in [1.165, 1.54) is 0 Å². The molecule has 0 aliphatic carbocycles. The lowest BCUT2D eigenvalue weighted by Gasteiger charge is -2.29. The van der Waals surface area contributed by atoms with Crippen LogP contribution in [0.15, 0.2) is 0 Å². The van der Waals surface area contributed by atoms with E-state index in [0.29, 0.717) is 6.54 Å². The monoisotopic (exact) mass is 189 g/mol. The highest BCUT2D eigenvalue weighted by atomic mass is 16.5. The Bertz CT molecular complexity index is 131. The molecule has 0 aliphatic rings. The van der Waals surface area contributed by atoms with Crippen LogP contribution in [0, 0.1) is 0 Å². The molecule has 0 heterocycles. The average Bonchev–Trinajstić information content (AvgIpc) is 2.00. The lowest BCUT2D eigenvalue weighted by atomic mass is 10.1. The highest BCUT2D eigenvalue weighted by Crippen LogP contribution is 2.05. The van der Waals surface area contributed by atoms with Crippen molar-refractivity contribution in [2.45, 2.75) is 39.4 Å². The van der Waals surface area contributed by atoms with Gasteiger partial charge in [0.1, 0.15) is 0 Å². The highest BCUT2D eigenvalue weighted by molar-refractivity contribution is 4.72. The zero-order valence-corrected chi connectivity index (χ0v) is 9.50. The van der Waals surface area contributed by atoms with Crippen molar-refractivity contribution in [2.24, 2.45) is 0 Å². The molecule has 0 radical (unpaired) electrons. The van der Waals surface area contributed by atoms with Crippen LogP contribution in [-0.4, -0.2) is 48.5 Å². The van der Waals surface area contributed by atoms with Crippen molar-refractivity contribution in [2.75, 3.05) is 26.7 Å². The standard InChI is InChI=1S/C10H23NO2/c1-6-11(7-9(2)13-5)8-10(3,4)12/h9,12H,6-8H2,1-5H3. The molecule has 0 aliphatic heterocycles. The molecule has 1 atom stereocenters. The van der Waals surface area contributed by atoms with Crippen molar-refractivity contribution < 1.29 is 9.84 Å². The van der Waals surface area contributed by atoms with Crippen molar-refractivity contribution in [3.8, 4) is 0 Å². The summed E-state index contributed by atoms with van der Waals surface area (Å²) in [4.78, 5) is 2.19. The summed E-state index contributed by atoms with van der Waals surface area (Å²) in [7, 11) is 1.71. The van der Waals surface area contributed by atoms with Gasteiger partial charge in [0.05, 0.1) is 11.7 Å². The quantitative estimate of drug-likeness (QED) is 0.679. The van der Waals surface area contributed by atoms with E-state index < -0.39 is 5.60 Å². The van der Waals surface area contributed by atoms with Crippen LogP contribution >= 0.6 is 0 Å². The van der Waals surface area contributed by atoms with Gasteiger partial charge in [0.15, 0.2) is 0 Å². The minimum absolute atomic E-state index is 0.224. The second-order valence-electron chi connectivity index (χ2n) is 4.19. The Kier molecular flexibility index (Phi) is 5.53. The van der Waals surface area contributed by atoms with E-state index in [2.05, 4.69) is 11.8 Å². The molecule has 80 valence electrons. The van der Waals surface area contributed by atoms with Crippen LogP contribution in [0.1, 0.15) is 27.7 Å². The number of ether oxygens (including phenoxy) is 1. The van der Waals surface area contributed by atoms with E-state index in [9.17, 15) is 5.11 Å². The molecular formula is C10H23NO2. The van der Waals surface area contributed by atoms with E-state index in [4.69, 9.17) is 4.74 Å². The van der Waals surface area contributed by atoms with Gasteiger partial charge in [-0.05, 0) is 27.3 Å². The molecule has 3 heteroatoms. The van der Waals surface area contributed by atoms with Crippen LogP contribution in [0.25, 0.3) is 0 Å². The van der Waals surface area contributed by atoms with Gasteiger partial charge in [0.2, 0.25) is 0 Å². The first kappa shape index (κ1) is 12.9. The Hall–Kier alpha value is -0.120. The number of aliphatic hydroxyl groups is 1. The maximum Gasteiger partial charge on any atom is 0.0718 e. The van der Waals surface area contributed by atoms with Gasteiger partial charge in [0.25, 0.3) is 0 Å². The van der Waals surface area contributed by atoms with Crippen molar-refractivity contribution >= 4 is 0 Å². The van der Waals surface area contributed by atoms with Crippen LogP contribution < -0.4 is 0 Å². The Morgan fingerprint density at radius 1 is 1.46 bits per heavy atom. The van der Waals surface area contributed by atoms with E-state index >= 15 is 0 Å². The fourth-order valence-electron chi connectivity index (χ4n) is 1.29. The van der Waals surface area contributed by atoms with Gasteiger partial charge in [-0.2, -0.15) is 0 Å². The molecule has 13 heavy (non-hydrogen) atoms. The Morgan fingerprint density at radius 3 is 2.31 bits per heavy atom. The zero-order valence-electron chi connectivity index (χ0n) is 9.50. The smallest absolute Gasteiger partial charge is 0.0718 e. The summed E-state index contributed by atoms with van der Waals surface area (Å²) < 4.78 is 5.17. The molecule has 0 aromatic heterocycles. The minimum Gasteiger partial charge on any atom is -0.389 e. The molecule has 0 spiro atoms. The van der Waals surface area contributed by atoms with E-state index in [0.717, 1.165) is 13.1 Å². The number of hydrogen-bond donors (Lipinski definition) is 1. The van der Waals surface area contributed by atoms with Crippen molar-refractivity contribution in [3.63, 3.8) is 0 Å². The summed E-state index contributed by atoms with van der Waals surface area (Å²) in [6, 6.07) is 0. The minimum atomic E-state index is -0.622. The van der Waals surface area contributed by atoms with E-state index in [1.54, 1.807) is 7.11 Å². The average molecular weight is 189 g/mol. The van der Waals surface area contributed by atoms with Crippen LogP contribution in [0.4, 0.5) is 0 Å². The van der Waals surface area contributed by atoms with Crippen molar-refractivity contribution in [3.05, 3.63) is 0 Å². The lowest BCUT2D eigenvalue weighted by molar-refractivity contribution is 0.0144. The molecule has 3 nitrogen and oxygen atoms in total. The van der Waals surface area contributed by atoms with Crippen LogP contribution in [0.5, 0.6) is 0 Å². The third kappa shape index (κ3) is 6.99. The van der Waals surface area contributed by atoms with Gasteiger partial charge in [-0.3, -0.25) is 4.90 Å². The first-order valence-electron chi connectivity index (χ1n) is 4.86. The number of hydrogen-bond acceptors (Lipinski definition) is 3. The summed E-state index contributed by atoms with van der Waals surface area (Å²) in [5, 5.41) is 9.62. The Morgan fingerprint density at radius 2 is 2.00 bits per heavy atom. The molecule has 0 saturated carbocycles. The third-order valence-corrected chi connectivity index (χ3v) is 1.98. The van der Waals surface area contributed by atoms with Crippen molar-refractivity contribution in [1.29, 1.82) is 0 Å². The summed E-state index contributed by atoms with van der Waals surface area (Å²) in [5.41, 5.74) is -0.622. The van der Waals surface area contributed by atoms with Crippen LogP contribution in [-0.2, 0) is 4.74 Å². The predicted octanol–water partition coefficient (Wildman–Crippen LogP) is 1.11. The normalized spacial score (nSPS) is 15.0. The third-order valence-electron chi connectivity index (χ3n) is 1.98. The second-order valence-corrected chi connectivity index (χ2v) is 4.19. The summed E-state index contributed by atoms with van der Waals surface area (Å²) in [5.74, 6) is 0. The van der Waals surface area contributed by atoms with Gasteiger partial charge < -0.3 is 9.84 Å². The molecule has 1 N–H and O–H groups in total. The number of nitrogens with zero attached hydrogens (tertiary/aromatic N) is 1. The lowest BCUT2D eigenvalue weighted by Crippen LogP contribution is -2.41. The first-order valence-corrected chi connectivity index (χ1v) is 4.86. The van der Waals surface area contributed by atoms with E-state index in [1.807, 2.05) is 20.8 Å². The molecule has 0 aromatic rings. The summed E-state index contributed by atoms with van der Waals surface area (Å²) >= 11 is 0. The second kappa shape index (κ2) is 5.58. The first-order chi connectivity index (χ1) is 5.89. The number of methoxy groups -OCH3 is 1. The predicted molar refractivity (Wildman–Crippen MR) is 54.9 cm³/mol. The van der Waals surface area contributed by atoms with Gasteiger partial charge in [-0.1, -0.05) is 6.92 Å². The summed E-state index contributed by atoms with van der Waals surface area (Å²) in [6.45, 7) is 10.3. The molecule has 0 rings (SSSR count). The molecule has 0 amide bonds.